The summed E-state index contributed by atoms with van der Waals surface area (Å²) in [6.45, 7) is 6.03. The summed E-state index contributed by atoms with van der Waals surface area (Å²) < 4.78 is 10.5. The van der Waals surface area contributed by atoms with Crippen molar-refractivity contribution in [3.05, 3.63) is 60.8 Å². The van der Waals surface area contributed by atoms with Crippen LogP contribution in [0.1, 0.15) is 130 Å². The highest BCUT2D eigenvalue weighted by molar-refractivity contribution is 5.70. The van der Waals surface area contributed by atoms with E-state index in [1.165, 1.54) is 38.5 Å². The van der Waals surface area contributed by atoms with Crippen molar-refractivity contribution in [3.8, 4) is 0 Å². The van der Waals surface area contributed by atoms with Crippen LogP contribution in [0.2, 0.25) is 0 Å². The smallest absolute Gasteiger partial charge is 0.306 e. The Morgan fingerprint density at radius 3 is 1.86 bits per heavy atom. The maximum atomic E-state index is 12.1. The van der Waals surface area contributed by atoms with Gasteiger partial charge in [-0.1, -0.05) is 133 Å². The third-order valence-corrected chi connectivity index (χ3v) is 6.91. The maximum absolute atomic E-state index is 12.1. The highest BCUT2D eigenvalue weighted by Gasteiger charge is 2.15. The van der Waals surface area contributed by atoms with Crippen molar-refractivity contribution in [1.82, 2.24) is 0 Å². The quantitative estimate of drug-likeness (QED) is 0.0402. The van der Waals surface area contributed by atoms with Crippen LogP contribution in [0.3, 0.4) is 0 Å². The summed E-state index contributed by atoms with van der Waals surface area (Å²) in [6, 6.07) is 0. The molecule has 0 unspecified atom stereocenters. The highest BCUT2D eigenvalue weighted by Crippen LogP contribution is 2.13. The van der Waals surface area contributed by atoms with Crippen LogP contribution in [-0.2, 0) is 19.1 Å². The van der Waals surface area contributed by atoms with Crippen LogP contribution in [0.4, 0.5) is 0 Å². The lowest BCUT2D eigenvalue weighted by atomic mass is 10.0. The largest absolute Gasteiger partial charge is 0.462 e. The average molecular weight is 603 g/mol. The Bertz CT molecular complexity index is 808. The monoisotopic (exact) mass is 602 g/mol. The van der Waals surface area contributed by atoms with Crippen molar-refractivity contribution >= 4 is 11.9 Å². The molecular weight excluding hydrogens is 540 g/mol. The summed E-state index contributed by atoms with van der Waals surface area (Å²) in [6.07, 6.45) is 35.2. The van der Waals surface area contributed by atoms with E-state index in [4.69, 9.17) is 9.47 Å². The predicted octanol–water partition coefficient (Wildman–Crippen LogP) is 8.88. The van der Waals surface area contributed by atoms with Crippen LogP contribution in [0.5, 0.6) is 0 Å². The molecule has 0 aromatic carbocycles. The fourth-order valence-corrected chi connectivity index (χ4v) is 4.19. The molecule has 0 bridgehead atoms. The predicted molar refractivity (Wildman–Crippen MR) is 179 cm³/mol. The molecule has 0 aliphatic carbocycles. The molecule has 2 atom stereocenters. The molecule has 6 nitrogen and oxygen atoms in total. The van der Waals surface area contributed by atoms with Gasteiger partial charge >= 0.3 is 11.9 Å². The normalized spacial score (nSPS) is 13.8. The summed E-state index contributed by atoms with van der Waals surface area (Å²) in [5.74, 6) is 0.110. The summed E-state index contributed by atoms with van der Waals surface area (Å²) in [5.41, 5.74) is 0. The minimum atomic E-state index is -0.811. The van der Waals surface area contributed by atoms with E-state index in [9.17, 15) is 19.8 Å². The fraction of sp³-hybridized carbons (Fsp3) is 0.676. The van der Waals surface area contributed by atoms with Crippen LogP contribution in [-0.4, -0.2) is 47.6 Å². The van der Waals surface area contributed by atoms with E-state index in [0.717, 1.165) is 57.3 Å². The number of hydrogen-bond acceptors (Lipinski definition) is 6. The second kappa shape index (κ2) is 31.0. The highest BCUT2D eigenvalue weighted by atomic mass is 16.6. The number of unbranched alkanes of at least 4 members (excludes halogenated alkanes) is 8. The first kappa shape index (κ1) is 40.6. The van der Waals surface area contributed by atoms with E-state index < -0.39 is 6.10 Å². The summed E-state index contributed by atoms with van der Waals surface area (Å²) in [4.78, 5) is 24.1. The molecule has 0 aliphatic rings. The zero-order valence-electron chi connectivity index (χ0n) is 27.5. The van der Waals surface area contributed by atoms with Crippen molar-refractivity contribution < 1.29 is 29.3 Å². The molecule has 246 valence electrons. The number of aliphatic hydroxyl groups excluding tert-OH is 2. The Morgan fingerprint density at radius 2 is 1.26 bits per heavy atom. The molecule has 0 spiro atoms. The first-order chi connectivity index (χ1) is 20.9. The number of carbonyl (C=O) groups excluding carboxylic acids is 2. The lowest BCUT2D eigenvalue weighted by Crippen LogP contribution is -2.28. The van der Waals surface area contributed by atoms with Gasteiger partial charge in [-0.2, -0.15) is 0 Å². The van der Waals surface area contributed by atoms with Crippen molar-refractivity contribution in [2.24, 2.45) is 5.92 Å². The van der Waals surface area contributed by atoms with Gasteiger partial charge in [-0.05, 0) is 50.9 Å². The Kier molecular flexibility index (Phi) is 29.2. The molecule has 43 heavy (non-hydrogen) atoms. The number of aliphatic hydroxyl groups is 2. The molecule has 0 saturated carbocycles. The van der Waals surface area contributed by atoms with Gasteiger partial charge in [0.2, 0.25) is 0 Å². The zero-order valence-corrected chi connectivity index (χ0v) is 27.5. The van der Waals surface area contributed by atoms with E-state index in [2.05, 4.69) is 56.4 Å². The maximum Gasteiger partial charge on any atom is 0.306 e. The molecule has 0 heterocycles. The summed E-state index contributed by atoms with van der Waals surface area (Å²) >= 11 is 0. The first-order valence-corrected chi connectivity index (χ1v) is 16.8. The topological polar surface area (TPSA) is 93.1 Å². The number of allylic oxidation sites excluding steroid dienone is 9. The van der Waals surface area contributed by atoms with Crippen LogP contribution >= 0.6 is 0 Å². The number of carbonyl (C=O) groups is 2. The van der Waals surface area contributed by atoms with E-state index in [1.807, 2.05) is 19.1 Å². The van der Waals surface area contributed by atoms with Crippen LogP contribution in [0.25, 0.3) is 0 Å². The summed E-state index contributed by atoms with van der Waals surface area (Å²) in [5, 5.41) is 18.9. The van der Waals surface area contributed by atoms with Crippen molar-refractivity contribution in [2.75, 3.05) is 13.2 Å². The van der Waals surface area contributed by atoms with Crippen LogP contribution in [0, 0.1) is 5.92 Å². The summed E-state index contributed by atoms with van der Waals surface area (Å²) in [7, 11) is 0. The SMILES string of the molecule is CC[C@@H](O)/C=C/C=C\C/C=C\C/C=C\C/C=C\CCCC(=O)O[C@@H](CO)COC(=O)CCCCCCCCCCC(C)C. The molecule has 0 radical (unpaired) electrons. The van der Waals surface area contributed by atoms with Gasteiger partial charge in [-0.25, -0.2) is 0 Å². The molecule has 0 aliphatic heterocycles. The minimum Gasteiger partial charge on any atom is -0.462 e. The fourth-order valence-electron chi connectivity index (χ4n) is 4.19. The van der Waals surface area contributed by atoms with E-state index in [1.54, 1.807) is 6.08 Å². The molecule has 0 fully saturated rings. The molecule has 0 aromatic heterocycles. The Morgan fingerprint density at radius 1 is 0.698 bits per heavy atom. The Labute approximate surface area is 263 Å². The van der Waals surface area contributed by atoms with Gasteiger partial charge in [-0.3, -0.25) is 9.59 Å². The standard InChI is InChI=1S/C37H62O6/c1-4-34(39)28-24-20-16-11-9-7-5-6-8-10-12-18-22-26-30-37(41)43-35(31-38)32-42-36(40)29-25-21-17-14-13-15-19-23-27-33(2)3/h6-9,12,16,18,20,24,28,33-35,38-39H,4-5,10-11,13-15,17,19,21-23,25-27,29-32H2,1-3H3/b8-6-,9-7-,18-12-,20-16-,28-24+/t34-,35+/m1/s1. The van der Waals surface area contributed by atoms with Crippen LogP contribution in [0.15, 0.2) is 60.8 Å². The molecule has 0 rings (SSSR count). The third-order valence-electron chi connectivity index (χ3n) is 6.91. The second-order valence-corrected chi connectivity index (χ2v) is 11.5. The van der Waals surface area contributed by atoms with E-state index in [0.29, 0.717) is 12.8 Å². The lowest BCUT2D eigenvalue weighted by molar-refractivity contribution is -0.161. The molecule has 2 N–H and O–H groups in total. The number of rotatable bonds is 28. The molecule has 0 saturated heterocycles. The van der Waals surface area contributed by atoms with Crippen molar-refractivity contribution in [2.45, 2.75) is 142 Å². The van der Waals surface area contributed by atoms with Gasteiger partial charge in [0.1, 0.15) is 6.61 Å². The number of hydrogen-bond donors (Lipinski definition) is 2. The van der Waals surface area contributed by atoms with E-state index in [-0.39, 0.29) is 37.7 Å². The third kappa shape index (κ3) is 30.8. The van der Waals surface area contributed by atoms with Crippen molar-refractivity contribution in [1.29, 1.82) is 0 Å². The van der Waals surface area contributed by atoms with E-state index >= 15 is 0 Å². The van der Waals surface area contributed by atoms with Gasteiger partial charge in [0, 0.05) is 12.8 Å². The first-order valence-electron chi connectivity index (χ1n) is 16.8. The molecule has 6 heteroatoms. The van der Waals surface area contributed by atoms with Gasteiger partial charge in [0.15, 0.2) is 6.10 Å². The average Bonchev–Trinajstić information content (AvgIpc) is 2.99. The second-order valence-electron chi connectivity index (χ2n) is 11.5. The van der Waals surface area contributed by atoms with Gasteiger partial charge in [-0.15, -0.1) is 0 Å². The molecule has 0 aromatic rings. The molecular formula is C37H62O6. The van der Waals surface area contributed by atoms with Gasteiger partial charge < -0.3 is 19.7 Å². The Balaban J connectivity index is 3.77. The number of esters is 2. The van der Waals surface area contributed by atoms with Crippen LogP contribution < -0.4 is 0 Å². The lowest BCUT2D eigenvalue weighted by Gasteiger charge is -2.15. The number of ether oxygens (including phenoxy) is 2. The minimum absolute atomic E-state index is 0.100. The Hall–Kier alpha value is -2.44. The molecule has 0 amide bonds. The van der Waals surface area contributed by atoms with Gasteiger partial charge in [0.25, 0.3) is 0 Å². The van der Waals surface area contributed by atoms with Crippen molar-refractivity contribution in [3.63, 3.8) is 0 Å². The van der Waals surface area contributed by atoms with Gasteiger partial charge in [0.05, 0.1) is 12.7 Å². The zero-order chi connectivity index (χ0) is 31.8.